The molecular weight excluding hydrogens is 236 g/mol. The number of esters is 1. The highest BCUT2D eigenvalue weighted by Gasteiger charge is 2.28. The fourth-order valence-corrected chi connectivity index (χ4v) is 2.54. The number of hydrogen-bond donors (Lipinski definition) is 0. The van der Waals surface area contributed by atoms with Crippen molar-refractivity contribution >= 4 is 11.5 Å². The maximum Gasteiger partial charge on any atom is 0.302 e. The Balaban J connectivity index is 2.46. The van der Waals surface area contributed by atoms with Crippen LogP contribution in [0.25, 0.3) is 5.57 Å². The zero-order chi connectivity index (χ0) is 13.8. The van der Waals surface area contributed by atoms with Gasteiger partial charge in [-0.2, -0.15) is 0 Å². The van der Waals surface area contributed by atoms with Crippen molar-refractivity contribution in [3.05, 3.63) is 65.8 Å². The molecule has 0 aliphatic heterocycles. The number of ether oxygens (including phenoxy) is 1. The molecular formula is C17H18O2. The number of rotatable bonds is 4. The molecule has 98 valence electrons. The van der Waals surface area contributed by atoms with Gasteiger partial charge >= 0.3 is 5.97 Å². The smallest absolute Gasteiger partial charge is 0.302 e. The van der Waals surface area contributed by atoms with Gasteiger partial charge in [-0.3, -0.25) is 4.79 Å². The lowest BCUT2D eigenvalue weighted by atomic mass is 9.96. The van der Waals surface area contributed by atoms with Gasteiger partial charge in [0.05, 0.1) is 0 Å². The second-order valence-corrected chi connectivity index (χ2v) is 4.52. The Hall–Kier alpha value is -2.09. The topological polar surface area (TPSA) is 26.3 Å². The molecule has 1 aromatic carbocycles. The summed E-state index contributed by atoms with van der Waals surface area (Å²) in [6.45, 7) is 7.70. The molecule has 19 heavy (non-hydrogen) atoms. The highest BCUT2D eigenvalue weighted by molar-refractivity contribution is 5.86. The first-order valence-corrected chi connectivity index (χ1v) is 6.41. The van der Waals surface area contributed by atoms with Crippen LogP contribution in [0.3, 0.4) is 0 Å². The lowest BCUT2D eigenvalue weighted by Gasteiger charge is -2.14. The first kappa shape index (κ1) is 13.3. The van der Waals surface area contributed by atoms with Gasteiger partial charge in [0.15, 0.2) is 0 Å². The van der Waals surface area contributed by atoms with Crippen LogP contribution in [-0.2, 0) is 9.53 Å². The second kappa shape index (κ2) is 5.70. The number of carbonyl (C=O) groups is 1. The average molecular weight is 254 g/mol. The molecule has 1 aliphatic carbocycles. The van der Waals surface area contributed by atoms with E-state index in [4.69, 9.17) is 4.74 Å². The zero-order valence-corrected chi connectivity index (χ0v) is 11.3. The highest BCUT2D eigenvalue weighted by atomic mass is 16.5. The normalized spacial score (nSPS) is 17.7. The number of allylic oxidation sites excluding steroid dienone is 4. The van der Waals surface area contributed by atoms with Crippen molar-refractivity contribution < 1.29 is 9.53 Å². The minimum absolute atomic E-state index is 0.0869. The van der Waals surface area contributed by atoms with Crippen LogP contribution in [0.1, 0.15) is 30.9 Å². The molecule has 1 aromatic rings. The summed E-state index contributed by atoms with van der Waals surface area (Å²) in [4.78, 5) is 11.0. The van der Waals surface area contributed by atoms with E-state index in [-0.39, 0.29) is 11.9 Å². The van der Waals surface area contributed by atoms with Gasteiger partial charge in [0, 0.05) is 12.8 Å². The van der Waals surface area contributed by atoms with Gasteiger partial charge in [-0.05, 0) is 29.2 Å². The molecule has 2 heteroatoms. The third-order valence-electron chi connectivity index (χ3n) is 3.32. The van der Waals surface area contributed by atoms with E-state index < -0.39 is 0 Å². The fourth-order valence-electron chi connectivity index (χ4n) is 2.54. The minimum atomic E-state index is -0.250. The van der Waals surface area contributed by atoms with Crippen molar-refractivity contribution in [1.82, 2.24) is 0 Å². The lowest BCUT2D eigenvalue weighted by Crippen LogP contribution is -2.10. The SMILES string of the molecule is C=CC1=C(/C=C\C)c2ccccc2C1COC(C)=O. The molecule has 0 N–H and O–H groups in total. The van der Waals surface area contributed by atoms with Crippen molar-refractivity contribution in [1.29, 1.82) is 0 Å². The van der Waals surface area contributed by atoms with Crippen LogP contribution in [0, 0.1) is 0 Å². The van der Waals surface area contributed by atoms with Crippen LogP contribution < -0.4 is 0 Å². The molecule has 1 unspecified atom stereocenters. The molecule has 0 heterocycles. The van der Waals surface area contributed by atoms with Crippen LogP contribution in [0.4, 0.5) is 0 Å². The summed E-state index contributed by atoms with van der Waals surface area (Å²) in [5.41, 5.74) is 4.70. The minimum Gasteiger partial charge on any atom is -0.465 e. The van der Waals surface area contributed by atoms with Crippen molar-refractivity contribution in [2.45, 2.75) is 19.8 Å². The van der Waals surface area contributed by atoms with E-state index in [1.54, 1.807) is 0 Å². The molecule has 0 amide bonds. The summed E-state index contributed by atoms with van der Waals surface area (Å²) in [7, 11) is 0. The first-order chi connectivity index (χ1) is 9.19. The van der Waals surface area contributed by atoms with Crippen molar-refractivity contribution in [3.63, 3.8) is 0 Å². The highest BCUT2D eigenvalue weighted by Crippen LogP contribution is 2.43. The molecule has 0 saturated heterocycles. The van der Waals surface area contributed by atoms with Gasteiger partial charge in [0.25, 0.3) is 0 Å². The van der Waals surface area contributed by atoms with Crippen molar-refractivity contribution in [2.24, 2.45) is 0 Å². The summed E-state index contributed by atoms with van der Waals surface area (Å²) < 4.78 is 5.20. The lowest BCUT2D eigenvalue weighted by molar-refractivity contribution is -0.141. The predicted octanol–water partition coefficient (Wildman–Crippen LogP) is 3.86. The predicted molar refractivity (Wildman–Crippen MR) is 77.7 cm³/mol. The van der Waals surface area contributed by atoms with Gasteiger partial charge in [0.2, 0.25) is 0 Å². The largest absolute Gasteiger partial charge is 0.465 e. The number of fused-ring (bicyclic) bond motifs is 1. The molecule has 0 fully saturated rings. The molecule has 0 radical (unpaired) electrons. The van der Waals surface area contributed by atoms with Gasteiger partial charge in [-0.15, -0.1) is 0 Å². The van der Waals surface area contributed by atoms with Crippen LogP contribution in [0.2, 0.25) is 0 Å². The van der Waals surface area contributed by atoms with Crippen LogP contribution in [0.15, 0.2) is 54.6 Å². The van der Waals surface area contributed by atoms with Crippen LogP contribution >= 0.6 is 0 Å². The standard InChI is InChI=1S/C17H18O2/c1-4-8-14-13(5-2)17(11-19-12(3)18)16-10-7-6-9-15(14)16/h4-10,17H,2,11H2,1,3H3/b8-4-. The Morgan fingerprint density at radius 2 is 2.16 bits per heavy atom. The Kier molecular flexibility index (Phi) is 4.00. The second-order valence-electron chi connectivity index (χ2n) is 4.52. The monoisotopic (exact) mass is 254 g/mol. The Morgan fingerprint density at radius 3 is 2.79 bits per heavy atom. The number of hydrogen-bond acceptors (Lipinski definition) is 2. The van der Waals surface area contributed by atoms with Crippen LogP contribution in [0.5, 0.6) is 0 Å². The van der Waals surface area contributed by atoms with Gasteiger partial charge in [-0.25, -0.2) is 0 Å². The number of benzene rings is 1. The summed E-state index contributed by atoms with van der Waals surface area (Å²) in [5.74, 6) is -0.163. The van der Waals surface area contributed by atoms with Gasteiger partial charge in [-0.1, -0.05) is 49.1 Å². The van der Waals surface area contributed by atoms with Crippen molar-refractivity contribution in [2.75, 3.05) is 6.61 Å². The van der Waals surface area contributed by atoms with Gasteiger partial charge < -0.3 is 4.74 Å². The number of carbonyl (C=O) groups excluding carboxylic acids is 1. The molecule has 2 rings (SSSR count). The van der Waals surface area contributed by atoms with E-state index in [0.29, 0.717) is 6.61 Å². The van der Waals surface area contributed by atoms with E-state index in [9.17, 15) is 4.79 Å². The molecule has 0 saturated carbocycles. The summed E-state index contributed by atoms with van der Waals surface area (Å²) in [5, 5.41) is 0. The molecule has 1 atom stereocenters. The molecule has 0 spiro atoms. The van der Waals surface area contributed by atoms with E-state index >= 15 is 0 Å². The van der Waals surface area contributed by atoms with E-state index in [1.165, 1.54) is 23.6 Å². The third kappa shape index (κ3) is 2.53. The zero-order valence-electron chi connectivity index (χ0n) is 11.3. The van der Waals surface area contributed by atoms with Crippen molar-refractivity contribution in [3.8, 4) is 0 Å². The van der Waals surface area contributed by atoms with Gasteiger partial charge in [0.1, 0.15) is 6.61 Å². The van der Waals surface area contributed by atoms with E-state index in [2.05, 4.69) is 24.8 Å². The average Bonchev–Trinajstić information content (AvgIpc) is 2.70. The van der Waals surface area contributed by atoms with E-state index in [1.807, 2.05) is 31.2 Å². The summed E-state index contributed by atoms with van der Waals surface area (Å²) in [6.07, 6.45) is 5.97. The Bertz CT molecular complexity index is 564. The summed E-state index contributed by atoms with van der Waals surface area (Å²) in [6, 6.07) is 8.22. The Morgan fingerprint density at radius 1 is 1.42 bits per heavy atom. The molecule has 1 aliphatic rings. The van der Waals surface area contributed by atoms with E-state index in [0.717, 1.165) is 5.57 Å². The Labute approximate surface area is 114 Å². The maximum atomic E-state index is 11.0. The molecule has 0 bridgehead atoms. The fraction of sp³-hybridized carbons (Fsp3) is 0.235. The summed E-state index contributed by atoms with van der Waals surface area (Å²) >= 11 is 0. The molecule has 2 nitrogen and oxygen atoms in total. The molecule has 0 aromatic heterocycles. The first-order valence-electron chi connectivity index (χ1n) is 6.41. The maximum absolute atomic E-state index is 11.0. The quantitative estimate of drug-likeness (QED) is 0.763. The third-order valence-corrected chi connectivity index (χ3v) is 3.32. The van der Waals surface area contributed by atoms with Crippen LogP contribution in [-0.4, -0.2) is 12.6 Å².